The molecule has 0 saturated carbocycles. The van der Waals surface area contributed by atoms with Crippen LogP contribution in [0.25, 0.3) is 21.5 Å². The summed E-state index contributed by atoms with van der Waals surface area (Å²) < 4.78 is 23.0. The lowest BCUT2D eigenvalue weighted by Crippen LogP contribution is -2.24. The average molecular weight is 467 g/mol. The van der Waals surface area contributed by atoms with Crippen LogP contribution in [0, 0.1) is 13.8 Å². The molecule has 0 aliphatic heterocycles. The Morgan fingerprint density at radius 1 is 0.676 bits per heavy atom. The summed E-state index contributed by atoms with van der Waals surface area (Å²) in [5, 5.41) is 24.1. The van der Waals surface area contributed by atoms with Gasteiger partial charge in [0.1, 0.15) is 36.9 Å². The smallest absolute Gasteiger partial charge is 0.135 e. The van der Waals surface area contributed by atoms with Gasteiger partial charge in [-0.2, -0.15) is 0 Å². The summed E-state index contributed by atoms with van der Waals surface area (Å²) in [7, 11) is 0. The molecule has 3 aromatic carbocycles. The Morgan fingerprint density at radius 2 is 1.09 bits per heavy atom. The lowest BCUT2D eigenvalue weighted by atomic mass is 9.97. The second kappa shape index (κ2) is 12.5. The van der Waals surface area contributed by atoms with E-state index >= 15 is 0 Å². The molecule has 182 valence electrons. The van der Waals surface area contributed by atoms with Gasteiger partial charge in [0.15, 0.2) is 0 Å². The van der Waals surface area contributed by atoms with Crippen molar-refractivity contribution in [1.29, 1.82) is 0 Å². The van der Waals surface area contributed by atoms with Crippen LogP contribution in [0.15, 0.2) is 61.7 Å². The molecule has 6 nitrogen and oxygen atoms in total. The van der Waals surface area contributed by atoms with Crippen LogP contribution >= 0.6 is 0 Å². The molecule has 3 rings (SSSR count). The maximum Gasteiger partial charge on any atom is 0.135 e. The highest BCUT2D eigenvalue weighted by Gasteiger charge is 2.19. The summed E-state index contributed by atoms with van der Waals surface area (Å²) in [6.45, 7) is 12.5. The van der Waals surface area contributed by atoms with Gasteiger partial charge in [0.25, 0.3) is 0 Å². The monoisotopic (exact) mass is 466 g/mol. The minimum atomic E-state index is -0.776. The first-order valence-corrected chi connectivity index (χ1v) is 11.4. The second-order valence-electron chi connectivity index (χ2n) is 8.34. The van der Waals surface area contributed by atoms with E-state index in [0.717, 1.165) is 32.7 Å². The van der Waals surface area contributed by atoms with Crippen LogP contribution in [-0.2, 0) is 9.47 Å². The van der Waals surface area contributed by atoms with Gasteiger partial charge in [-0.1, -0.05) is 47.5 Å². The van der Waals surface area contributed by atoms with E-state index in [2.05, 4.69) is 13.2 Å². The van der Waals surface area contributed by atoms with Crippen molar-refractivity contribution in [2.45, 2.75) is 26.1 Å². The molecule has 2 N–H and O–H groups in total. The van der Waals surface area contributed by atoms with Crippen molar-refractivity contribution >= 4 is 21.5 Å². The molecule has 0 aromatic heterocycles. The molecule has 0 radical (unpaired) electrons. The minimum Gasteiger partial charge on any atom is -0.489 e. The van der Waals surface area contributed by atoms with Crippen molar-refractivity contribution in [3.8, 4) is 11.5 Å². The predicted octanol–water partition coefficient (Wildman–Crippen LogP) is 4.49. The summed E-state index contributed by atoms with van der Waals surface area (Å²) >= 11 is 0. The highest BCUT2D eigenvalue weighted by molar-refractivity contribution is 6.11. The van der Waals surface area contributed by atoms with Crippen LogP contribution in [0.4, 0.5) is 0 Å². The molecule has 0 bridgehead atoms. The van der Waals surface area contributed by atoms with Gasteiger partial charge >= 0.3 is 0 Å². The molecule has 0 aliphatic carbocycles. The Kier molecular flexibility index (Phi) is 9.48. The summed E-state index contributed by atoms with van der Waals surface area (Å²) in [5.41, 5.74) is 2.14. The molecule has 0 saturated heterocycles. The van der Waals surface area contributed by atoms with E-state index in [4.69, 9.17) is 18.9 Å². The summed E-state index contributed by atoms with van der Waals surface area (Å²) in [6.07, 6.45) is 1.73. The van der Waals surface area contributed by atoms with Gasteiger partial charge in [0.2, 0.25) is 0 Å². The minimum absolute atomic E-state index is 0.0860. The first kappa shape index (κ1) is 25.7. The molecular weight excluding hydrogens is 432 g/mol. The van der Waals surface area contributed by atoms with Crippen LogP contribution in [0.2, 0.25) is 0 Å². The third kappa shape index (κ3) is 6.58. The van der Waals surface area contributed by atoms with Crippen LogP contribution in [0.3, 0.4) is 0 Å². The van der Waals surface area contributed by atoms with Crippen LogP contribution in [0.5, 0.6) is 11.5 Å². The zero-order valence-electron chi connectivity index (χ0n) is 20.0. The lowest BCUT2D eigenvalue weighted by molar-refractivity contribution is 0.0216. The highest BCUT2D eigenvalue weighted by atomic mass is 16.5. The number of aryl methyl sites for hydroxylation is 2. The zero-order chi connectivity index (χ0) is 24.5. The van der Waals surface area contributed by atoms with Crippen molar-refractivity contribution < 1.29 is 29.2 Å². The molecule has 0 spiro atoms. The SMILES string of the molecule is C=CCOCC(O)COc1c2ccc(C)cc2c(OCC(O)COCC=C)c2ccc(C)cc12. The molecule has 0 amide bonds. The fourth-order valence-corrected chi connectivity index (χ4v) is 3.72. The van der Waals surface area contributed by atoms with Crippen LogP contribution < -0.4 is 9.47 Å². The van der Waals surface area contributed by atoms with Gasteiger partial charge in [-0.15, -0.1) is 13.2 Å². The highest BCUT2D eigenvalue weighted by Crippen LogP contribution is 2.43. The van der Waals surface area contributed by atoms with E-state index in [1.54, 1.807) is 12.2 Å². The number of fused-ring (bicyclic) bond motifs is 2. The number of hydrogen-bond donors (Lipinski definition) is 2. The van der Waals surface area contributed by atoms with Gasteiger partial charge in [0, 0.05) is 21.5 Å². The fraction of sp³-hybridized carbons (Fsp3) is 0.357. The molecule has 0 heterocycles. The third-order valence-corrected chi connectivity index (χ3v) is 5.26. The molecule has 6 heteroatoms. The summed E-state index contributed by atoms with van der Waals surface area (Å²) in [4.78, 5) is 0. The standard InChI is InChI=1S/C28H34O6/c1-5-11-31-15-21(29)17-33-27-23-9-7-20(4)14-26(23)28(24-10-8-19(3)13-25(24)27)34-18-22(30)16-32-12-6-2/h5-10,13-14,21-22,29-30H,1-2,11-12,15-18H2,3-4H3. The Hall–Kier alpha value is -2.90. The van der Waals surface area contributed by atoms with Crippen molar-refractivity contribution in [3.05, 3.63) is 72.8 Å². The van der Waals surface area contributed by atoms with E-state index in [1.807, 2.05) is 50.2 Å². The molecule has 2 unspecified atom stereocenters. The van der Waals surface area contributed by atoms with Crippen LogP contribution in [0.1, 0.15) is 11.1 Å². The van der Waals surface area contributed by atoms with Gasteiger partial charge in [-0.3, -0.25) is 0 Å². The number of hydrogen-bond acceptors (Lipinski definition) is 6. The number of aliphatic hydroxyl groups is 2. The van der Waals surface area contributed by atoms with Gasteiger partial charge in [0.05, 0.1) is 26.4 Å². The maximum absolute atomic E-state index is 10.3. The van der Waals surface area contributed by atoms with E-state index in [-0.39, 0.29) is 26.4 Å². The molecule has 3 aromatic rings. The van der Waals surface area contributed by atoms with E-state index in [9.17, 15) is 10.2 Å². The lowest BCUT2D eigenvalue weighted by Gasteiger charge is -2.21. The van der Waals surface area contributed by atoms with E-state index < -0.39 is 12.2 Å². The average Bonchev–Trinajstić information content (AvgIpc) is 2.81. The van der Waals surface area contributed by atoms with Crippen molar-refractivity contribution in [1.82, 2.24) is 0 Å². The van der Waals surface area contributed by atoms with Gasteiger partial charge < -0.3 is 29.2 Å². The van der Waals surface area contributed by atoms with E-state index in [0.29, 0.717) is 24.7 Å². The first-order chi connectivity index (χ1) is 16.4. The molecule has 0 fully saturated rings. The Balaban J connectivity index is 1.98. The maximum atomic E-state index is 10.3. The zero-order valence-corrected chi connectivity index (χ0v) is 20.0. The molecule has 34 heavy (non-hydrogen) atoms. The number of ether oxygens (including phenoxy) is 4. The van der Waals surface area contributed by atoms with Gasteiger partial charge in [-0.05, 0) is 26.0 Å². The van der Waals surface area contributed by atoms with Crippen molar-refractivity contribution in [2.75, 3.05) is 39.6 Å². The Morgan fingerprint density at radius 3 is 1.47 bits per heavy atom. The van der Waals surface area contributed by atoms with Gasteiger partial charge in [-0.25, -0.2) is 0 Å². The largest absolute Gasteiger partial charge is 0.489 e. The first-order valence-electron chi connectivity index (χ1n) is 11.4. The van der Waals surface area contributed by atoms with E-state index in [1.165, 1.54) is 0 Å². The number of aliphatic hydroxyl groups excluding tert-OH is 2. The quantitative estimate of drug-likeness (QED) is 0.207. The normalized spacial score (nSPS) is 13.1. The Labute approximate surface area is 201 Å². The van der Waals surface area contributed by atoms with Crippen molar-refractivity contribution in [3.63, 3.8) is 0 Å². The second-order valence-corrected chi connectivity index (χ2v) is 8.34. The molecule has 0 aliphatic rings. The summed E-state index contributed by atoms with van der Waals surface area (Å²) in [5.74, 6) is 1.36. The fourth-order valence-electron chi connectivity index (χ4n) is 3.72. The predicted molar refractivity (Wildman–Crippen MR) is 136 cm³/mol. The molecule has 2 atom stereocenters. The number of rotatable bonds is 14. The van der Waals surface area contributed by atoms with Crippen LogP contribution in [-0.4, -0.2) is 62.1 Å². The third-order valence-electron chi connectivity index (χ3n) is 5.26. The number of benzene rings is 3. The van der Waals surface area contributed by atoms with Crippen molar-refractivity contribution in [2.24, 2.45) is 0 Å². The molecular formula is C28H34O6. The summed E-state index contributed by atoms with van der Waals surface area (Å²) in [6, 6.07) is 12.1. The Bertz CT molecular complexity index is 1030. The topological polar surface area (TPSA) is 77.4 Å².